The Hall–Kier alpha value is -1.40. The summed E-state index contributed by atoms with van der Waals surface area (Å²) in [5.41, 5.74) is 0. The number of unbranched alkanes of at least 4 members (excludes halogenated alkanes) is 63. The summed E-state index contributed by atoms with van der Waals surface area (Å²) in [4.78, 5) is 24.6. The van der Waals surface area contributed by atoms with E-state index in [-0.39, 0.29) is 18.5 Å². The van der Waals surface area contributed by atoms with Gasteiger partial charge in [-0.05, 0) is 51.4 Å². The Morgan fingerprint density at radius 3 is 0.826 bits per heavy atom. The number of hydrogen-bond donors (Lipinski definition) is 3. The zero-order chi connectivity index (χ0) is 62.0. The number of aliphatic hydroxyl groups is 2. The Bertz CT molecular complexity index is 1300. The van der Waals surface area contributed by atoms with E-state index in [2.05, 4.69) is 31.3 Å². The second-order valence-corrected chi connectivity index (χ2v) is 27.8. The van der Waals surface area contributed by atoms with E-state index in [1.54, 1.807) is 0 Å². The highest BCUT2D eigenvalue weighted by atomic mass is 16.5. The van der Waals surface area contributed by atoms with Crippen molar-refractivity contribution in [3.8, 4) is 0 Å². The van der Waals surface area contributed by atoms with Gasteiger partial charge in [0, 0.05) is 12.8 Å². The van der Waals surface area contributed by atoms with Gasteiger partial charge in [-0.15, -0.1) is 0 Å². The summed E-state index contributed by atoms with van der Waals surface area (Å²) in [7, 11) is 0. The number of amides is 1. The minimum atomic E-state index is -0.659. The molecule has 0 bridgehead atoms. The van der Waals surface area contributed by atoms with E-state index in [0.717, 1.165) is 44.9 Å². The molecular formula is C80H157NO5. The molecular weight excluding hydrogens is 1050 g/mol. The van der Waals surface area contributed by atoms with Crippen molar-refractivity contribution in [1.29, 1.82) is 0 Å². The first-order valence-electron chi connectivity index (χ1n) is 39.9. The first-order chi connectivity index (χ1) is 42.5. The van der Waals surface area contributed by atoms with Gasteiger partial charge in [0.05, 0.1) is 25.4 Å². The van der Waals surface area contributed by atoms with E-state index < -0.39 is 12.1 Å². The van der Waals surface area contributed by atoms with Crippen LogP contribution in [0.1, 0.15) is 463 Å². The fourth-order valence-corrected chi connectivity index (χ4v) is 13.0. The first kappa shape index (κ1) is 84.6. The molecule has 3 N–H and O–H groups in total. The Morgan fingerprint density at radius 1 is 0.314 bits per heavy atom. The zero-order valence-electron chi connectivity index (χ0n) is 58.8. The third-order valence-corrected chi connectivity index (χ3v) is 19.1. The fraction of sp³-hybridized carbons (Fsp3) is 0.950. The van der Waals surface area contributed by atoms with Crippen molar-refractivity contribution in [2.75, 3.05) is 13.2 Å². The number of carbonyl (C=O) groups is 2. The van der Waals surface area contributed by atoms with Gasteiger partial charge < -0.3 is 20.3 Å². The van der Waals surface area contributed by atoms with Crippen LogP contribution in [0.5, 0.6) is 0 Å². The van der Waals surface area contributed by atoms with E-state index >= 15 is 0 Å². The number of ether oxygens (including phenoxy) is 1. The van der Waals surface area contributed by atoms with Crippen molar-refractivity contribution in [2.24, 2.45) is 0 Å². The highest BCUT2D eigenvalue weighted by molar-refractivity contribution is 5.76. The van der Waals surface area contributed by atoms with Crippen LogP contribution in [0.15, 0.2) is 12.2 Å². The van der Waals surface area contributed by atoms with Gasteiger partial charge in [-0.2, -0.15) is 0 Å². The summed E-state index contributed by atoms with van der Waals surface area (Å²) < 4.78 is 5.50. The molecule has 2 unspecified atom stereocenters. The zero-order valence-corrected chi connectivity index (χ0v) is 58.8. The maximum Gasteiger partial charge on any atom is 0.305 e. The second-order valence-electron chi connectivity index (χ2n) is 27.8. The molecule has 1 amide bonds. The Kier molecular flexibility index (Phi) is 74.8. The van der Waals surface area contributed by atoms with Crippen molar-refractivity contribution < 1.29 is 24.5 Å². The molecule has 86 heavy (non-hydrogen) atoms. The molecule has 0 fully saturated rings. The summed E-state index contributed by atoms with van der Waals surface area (Å²) in [5.74, 6) is -0.00802. The van der Waals surface area contributed by atoms with Crippen LogP contribution in [0.3, 0.4) is 0 Å². The Balaban J connectivity index is 3.28. The van der Waals surface area contributed by atoms with Crippen LogP contribution < -0.4 is 5.32 Å². The monoisotopic (exact) mass is 1210 g/mol. The number of aliphatic hydroxyl groups excluding tert-OH is 2. The highest BCUT2D eigenvalue weighted by Gasteiger charge is 2.20. The van der Waals surface area contributed by atoms with Gasteiger partial charge in [0.25, 0.3) is 0 Å². The van der Waals surface area contributed by atoms with Crippen molar-refractivity contribution in [3.05, 3.63) is 12.2 Å². The van der Waals surface area contributed by atoms with E-state index in [1.165, 1.54) is 385 Å². The first-order valence-corrected chi connectivity index (χ1v) is 39.9. The van der Waals surface area contributed by atoms with Crippen molar-refractivity contribution in [3.63, 3.8) is 0 Å². The third-order valence-electron chi connectivity index (χ3n) is 19.1. The van der Waals surface area contributed by atoms with Crippen molar-refractivity contribution in [2.45, 2.75) is 475 Å². The van der Waals surface area contributed by atoms with E-state index in [1.807, 2.05) is 0 Å². The number of hydrogen-bond acceptors (Lipinski definition) is 5. The summed E-state index contributed by atoms with van der Waals surface area (Å²) in [6.07, 6.45) is 96.1. The summed E-state index contributed by atoms with van der Waals surface area (Å²) in [6, 6.07) is -0.536. The average Bonchev–Trinajstić information content (AvgIpc) is 3.60. The molecule has 0 radical (unpaired) electrons. The maximum atomic E-state index is 12.5. The smallest absolute Gasteiger partial charge is 0.305 e. The van der Waals surface area contributed by atoms with Gasteiger partial charge in [-0.1, -0.05) is 411 Å². The van der Waals surface area contributed by atoms with Gasteiger partial charge in [-0.25, -0.2) is 0 Å². The average molecular weight is 1210 g/mol. The normalized spacial score (nSPS) is 12.5. The molecule has 6 heteroatoms. The van der Waals surface area contributed by atoms with Crippen LogP contribution in [0.25, 0.3) is 0 Å². The predicted octanol–water partition coefficient (Wildman–Crippen LogP) is 26.3. The fourth-order valence-electron chi connectivity index (χ4n) is 13.0. The largest absolute Gasteiger partial charge is 0.466 e. The van der Waals surface area contributed by atoms with Gasteiger partial charge in [0.1, 0.15) is 0 Å². The second kappa shape index (κ2) is 76.1. The lowest BCUT2D eigenvalue weighted by Gasteiger charge is -2.22. The third kappa shape index (κ3) is 71.7. The molecule has 0 rings (SSSR count). The molecule has 0 heterocycles. The molecule has 0 spiro atoms. The Morgan fingerprint density at radius 2 is 0.547 bits per heavy atom. The summed E-state index contributed by atoms with van der Waals surface area (Å²) in [5, 5.41) is 23.4. The highest BCUT2D eigenvalue weighted by Crippen LogP contribution is 2.20. The van der Waals surface area contributed by atoms with Crippen molar-refractivity contribution in [1.82, 2.24) is 5.32 Å². The molecule has 6 nitrogen and oxygen atoms in total. The number of nitrogens with one attached hydrogen (secondary N) is 1. The minimum absolute atomic E-state index is 0.0165. The van der Waals surface area contributed by atoms with E-state index in [4.69, 9.17) is 4.74 Å². The van der Waals surface area contributed by atoms with Crippen LogP contribution in [-0.2, 0) is 14.3 Å². The standard InChI is InChI=1S/C80H157NO5/c1-3-5-7-9-11-13-15-17-19-45-48-52-56-60-64-68-72-78(83)77(76-82)81-79(84)73-69-65-61-57-53-49-46-43-41-39-37-35-33-31-29-27-25-23-21-20-22-24-26-28-30-32-34-36-38-40-42-44-47-51-55-59-63-67-71-75-86-80(85)74-70-66-62-58-54-50-18-16-14-12-10-8-6-4-2/h16,18,77-78,82-83H,3-15,17,19-76H2,1-2H3,(H,81,84)/b18-16-. The summed E-state index contributed by atoms with van der Waals surface area (Å²) in [6.45, 7) is 4.99. The number of carbonyl (C=O) groups excluding carboxylic acids is 2. The van der Waals surface area contributed by atoms with Crippen LogP contribution in [0.2, 0.25) is 0 Å². The quantitative estimate of drug-likeness (QED) is 0.0320. The lowest BCUT2D eigenvalue weighted by Crippen LogP contribution is -2.45. The molecule has 2 atom stereocenters. The van der Waals surface area contributed by atoms with Gasteiger partial charge in [-0.3, -0.25) is 9.59 Å². The lowest BCUT2D eigenvalue weighted by atomic mass is 10.0. The predicted molar refractivity (Wildman–Crippen MR) is 380 cm³/mol. The van der Waals surface area contributed by atoms with Crippen LogP contribution in [0.4, 0.5) is 0 Å². The lowest BCUT2D eigenvalue weighted by molar-refractivity contribution is -0.143. The van der Waals surface area contributed by atoms with E-state index in [9.17, 15) is 19.8 Å². The van der Waals surface area contributed by atoms with Gasteiger partial charge >= 0.3 is 5.97 Å². The van der Waals surface area contributed by atoms with Crippen molar-refractivity contribution >= 4 is 11.9 Å². The van der Waals surface area contributed by atoms with Gasteiger partial charge in [0.15, 0.2) is 0 Å². The van der Waals surface area contributed by atoms with Gasteiger partial charge in [0.2, 0.25) is 5.91 Å². The Labute approximate surface area is 539 Å². The van der Waals surface area contributed by atoms with E-state index in [0.29, 0.717) is 25.9 Å². The molecule has 0 aromatic heterocycles. The van der Waals surface area contributed by atoms with Crippen LogP contribution >= 0.6 is 0 Å². The molecule has 0 aromatic rings. The molecule has 0 saturated carbocycles. The molecule has 0 saturated heterocycles. The molecule has 512 valence electrons. The maximum absolute atomic E-state index is 12.5. The topological polar surface area (TPSA) is 95.9 Å². The summed E-state index contributed by atoms with van der Waals surface area (Å²) >= 11 is 0. The number of allylic oxidation sites excluding steroid dienone is 2. The molecule has 0 aliphatic carbocycles. The molecule has 0 aliphatic heterocycles. The number of esters is 1. The minimum Gasteiger partial charge on any atom is -0.466 e. The molecule has 0 aliphatic rings. The number of rotatable bonds is 76. The molecule has 0 aromatic carbocycles. The van der Waals surface area contributed by atoms with Crippen LogP contribution in [-0.4, -0.2) is 47.4 Å². The SMILES string of the molecule is CCCCCCC/C=C\CCCCCCCC(=O)OCCCCCCCCCCCCCCCCCCCCCCCCCCCCCCCCCCCCCCCCCC(=O)NC(CO)C(O)CCCCCCCCCCCCCCCCCC. The van der Waals surface area contributed by atoms with Crippen LogP contribution in [0, 0.1) is 0 Å².